The predicted molar refractivity (Wildman–Crippen MR) is 238 cm³/mol. The average Bonchev–Trinajstić information content (AvgIpc) is 3.62. The van der Waals surface area contributed by atoms with E-state index in [1.807, 2.05) is 0 Å². The van der Waals surface area contributed by atoms with Crippen LogP contribution in [0.5, 0.6) is 0 Å². The number of hydrogen-bond acceptors (Lipinski definition) is 1. The maximum atomic E-state index is 5.24. The molecule has 10 rings (SSSR count). The lowest BCUT2D eigenvalue weighted by atomic mass is 10.1. The Balaban J connectivity index is 1.31. The van der Waals surface area contributed by atoms with Crippen molar-refractivity contribution in [1.29, 1.82) is 0 Å². The molecule has 0 atom stereocenters. The van der Waals surface area contributed by atoms with E-state index < -0.39 is 8.07 Å². The number of fused-ring (bicyclic) bond motifs is 3. The van der Waals surface area contributed by atoms with Gasteiger partial charge in [-0.15, -0.1) is 0 Å². The Labute approximate surface area is 328 Å². The van der Waals surface area contributed by atoms with E-state index in [0.717, 1.165) is 16.9 Å². The van der Waals surface area contributed by atoms with Crippen molar-refractivity contribution in [1.82, 2.24) is 9.55 Å². The van der Waals surface area contributed by atoms with Crippen molar-refractivity contribution in [2.75, 3.05) is 0 Å². The molecule has 0 spiro atoms. The van der Waals surface area contributed by atoms with Crippen molar-refractivity contribution in [3.05, 3.63) is 231 Å². The molecule has 2 nitrogen and oxygen atoms in total. The molecule has 0 aliphatic heterocycles. The third-order valence-electron chi connectivity index (χ3n) is 11.2. The topological polar surface area (TPSA) is 17.8 Å². The van der Waals surface area contributed by atoms with Crippen molar-refractivity contribution in [2.24, 2.45) is 0 Å². The standard InChI is InChI=1S/C53H38N2Si/c1-5-17-39(18-6-1)42-23-15-27-45(35-42)56(46-28-16-24-43(36-46)40-19-7-2-8-20-40,48-31-33-51(54-38-48)41-21-9-3-10-22-41)47-32-34-53-50(37-47)49-29-13-14-30-52(49)55(53)44-25-11-4-12-26-44/h1-38H. The average molecular weight is 731 g/mol. The van der Waals surface area contributed by atoms with Gasteiger partial charge in [-0.25, -0.2) is 0 Å². The molecule has 0 saturated carbocycles. The molecular weight excluding hydrogens is 693 g/mol. The molecule has 0 saturated heterocycles. The van der Waals surface area contributed by atoms with Gasteiger partial charge in [0.1, 0.15) is 0 Å². The molecule has 2 heterocycles. The molecule has 0 amide bonds. The highest BCUT2D eigenvalue weighted by molar-refractivity contribution is 7.20. The van der Waals surface area contributed by atoms with Crippen LogP contribution in [0.25, 0.3) is 61.0 Å². The predicted octanol–water partition coefficient (Wildman–Crippen LogP) is 10.6. The van der Waals surface area contributed by atoms with Gasteiger partial charge in [-0.2, -0.15) is 0 Å². The lowest BCUT2D eigenvalue weighted by Crippen LogP contribution is -2.74. The minimum absolute atomic E-state index is 0.967. The first-order chi connectivity index (χ1) is 27.8. The van der Waals surface area contributed by atoms with E-state index in [1.165, 1.54) is 64.8 Å². The zero-order valence-corrected chi connectivity index (χ0v) is 31.8. The molecule has 0 aliphatic carbocycles. The molecular formula is C53H38N2Si. The molecule has 0 fully saturated rings. The fourth-order valence-electron chi connectivity index (χ4n) is 8.58. The molecule has 0 aliphatic rings. The molecule has 264 valence electrons. The highest BCUT2D eigenvalue weighted by Crippen LogP contribution is 2.32. The minimum atomic E-state index is -3.10. The fourth-order valence-corrected chi connectivity index (χ4v) is 13.3. The quantitative estimate of drug-likeness (QED) is 0.112. The van der Waals surface area contributed by atoms with Crippen LogP contribution in [-0.2, 0) is 0 Å². The second-order valence-corrected chi connectivity index (χ2v) is 18.2. The highest BCUT2D eigenvalue weighted by Gasteiger charge is 2.42. The van der Waals surface area contributed by atoms with Gasteiger partial charge in [0.2, 0.25) is 0 Å². The van der Waals surface area contributed by atoms with Crippen LogP contribution in [0.4, 0.5) is 0 Å². The first-order valence-corrected chi connectivity index (χ1v) is 21.2. The lowest BCUT2D eigenvalue weighted by Gasteiger charge is -2.35. The summed E-state index contributed by atoms with van der Waals surface area (Å²) in [5.74, 6) is 0. The summed E-state index contributed by atoms with van der Waals surface area (Å²) < 4.78 is 2.40. The Morgan fingerprint density at radius 1 is 0.321 bits per heavy atom. The van der Waals surface area contributed by atoms with Crippen LogP contribution in [-0.4, -0.2) is 17.6 Å². The number of pyridine rings is 1. The van der Waals surface area contributed by atoms with Gasteiger partial charge in [-0.05, 0) is 73.3 Å². The number of aromatic nitrogens is 2. The van der Waals surface area contributed by atoms with Crippen molar-refractivity contribution in [3.8, 4) is 39.2 Å². The molecule has 0 radical (unpaired) electrons. The van der Waals surface area contributed by atoms with Gasteiger partial charge in [-0.1, -0.05) is 194 Å². The summed E-state index contributed by atoms with van der Waals surface area (Å²) in [6.45, 7) is 0. The van der Waals surface area contributed by atoms with Crippen molar-refractivity contribution in [2.45, 2.75) is 0 Å². The molecule has 0 unspecified atom stereocenters. The van der Waals surface area contributed by atoms with Crippen LogP contribution in [0.2, 0.25) is 0 Å². The Morgan fingerprint density at radius 3 is 1.39 bits per heavy atom. The van der Waals surface area contributed by atoms with Crippen LogP contribution in [0.3, 0.4) is 0 Å². The summed E-state index contributed by atoms with van der Waals surface area (Å²) in [5.41, 5.74) is 10.4. The minimum Gasteiger partial charge on any atom is -0.309 e. The van der Waals surface area contributed by atoms with Crippen LogP contribution in [0.15, 0.2) is 231 Å². The second-order valence-electron chi connectivity index (χ2n) is 14.4. The van der Waals surface area contributed by atoms with Crippen LogP contribution in [0.1, 0.15) is 0 Å². The number of para-hydroxylation sites is 2. The van der Waals surface area contributed by atoms with Gasteiger partial charge >= 0.3 is 0 Å². The maximum Gasteiger partial charge on any atom is 0.181 e. The fraction of sp³-hybridized carbons (Fsp3) is 0. The van der Waals surface area contributed by atoms with Gasteiger partial charge in [0.25, 0.3) is 0 Å². The number of hydrogen-bond donors (Lipinski definition) is 0. The molecule has 0 N–H and O–H groups in total. The van der Waals surface area contributed by atoms with Gasteiger partial charge in [0.05, 0.1) is 16.7 Å². The van der Waals surface area contributed by atoms with E-state index in [0.29, 0.717) is 0 Å². The van der Waals surface area contributed by atoms with Gasteiger partial charge in [-0.3, -0.25) is 4.98 Å². The summed E-state index contributed by atoms with van der Waals surface area (Å²) in [5, 5.41) is 7.65. The van der Waals surface area contributed by atoms with Crippen LogP contribution < -0.4 is 20.7 Å². The third kappa shape index (κ3) is 5.77. The van der Waals surface area contributed by atoms with E-state index >= 15 is 0 Å². The Morgan fingerprint density at radius 2 is 0.804 bits per heavy atom. The van der Waals surface area contributed by atoms with E-state index in [9.17, 15) is 0 Å². The van der Waals surface area contributed by atoms with Crippen molar-refractivity contribution in [3.63, 3.8) is 0 Å². The highest BCUT2D eigenvalue weighted by atomic mass is 28.3. The summed E-state index contributed by atoms with van der Waals surface area (Å²) in [6, 6.07) is 81.9. The monoisotopic (exact) mass is 730 g/mol. The Kier molecular flexibility index (Phi) is 8.55. The Bertz CT molecular complexity index is 2850. The first-order valence-electron chi connectivity index (χ1n) is 19.2. The largest absolute Gasteiger partial charge is 0.309 e. The first kappa shape index (κ1) is 33.5. The molecule has 8 aromatic carbocycles. The molecule has 56 heavy (non-hydrogen) atoms. The van der Waals surface area contributed by atoms with Crippen molar-refractivity contribution < 1.29 is 0 Å². The van der Waals surface area contributed by atoms with E-state index in [-0.39, 0.29) is 0 Å². The van der Waals surface area contributed by atoms with Gasteiger partial charge in [0, 0.05) is 28.2 Å². The number of rotatable bonds is 8. The molecule has 2 aromatic heterocycles. The zero-order chi connectivity index (χ0) is 37.3. The number of nitrogens with zero attached hydrogens (tertiary/aromatic N) is 2. The normalized spacial score (nSPS) is 11.6. The van der Waals surface area contributed by atoms with Crippen LogP contribution in [0, 0.1) is 0 Å². The summed E-state index contributed by atoms with van der Waals surface area (Å²) >= 11 is 0. The maximum absolute atomic E-state index is 5.24. The van der Waals surface area contributed by atoms with E-state index in [4.69, 9.17) is 4.98 Å². The molecule has 10 aromatic rings. The zero-order valence-electron chi connectivity index (χ0n) is 30.8. The van der Waals surface area contributed by atoms with Gasteiger partial charge in [0.15, 0.2) is 8.07 Å². The Hall–Kier alpha value is -7.07. The van der Waals surface area contributed by atoms with Crippen LogP contribution >= 0.6 is 0 Å². The van der Waals surface area contributed by atoms with Crippen molar-refractivity contribution >= 4 is 50.6 Å². The SMILES string of the molecule is c1ccc(-c2cccc([Si](c3ccc(-c4ccccc4)nc3)(c3cccc(-c4ccccc4)c3)c3ccc4c(c3)c3ccccc3n4-c3ccccc3)c2)cc1. The van der Waals surface area contributed by atoms with E-state index in [2.05, 4.69) is 235 Å². The summed E-state index contributed by atoms with van der Waals surface area (Å²) in [4.78, 5) is 5.24. The molecule has 0 bridgehead atoms. The smallest absolute Gasteiger partial charge is 0.181 e. The number of benzene rings is 8. The molecule has 3 heteroatoms. The third-order valence-corrected chi connectivity index (χ3v) is 15.9. The van der Waals surface area contributed by atoms with Gasteiger partial charge < -0.3 is 4.57 Å². The summed E-state index contributed by atoms with van der Waals surface area (Å²) in [6.07, 6.45) is 2.16. The summed E-state index contributed by atoms with van der Waals surface area (Å²) in [7, 11) is -3.10. The van der Waals surface area contributed by atoms with E-state index in [1.54, 1.807) is 0 Å². The second kappa shape index (κ2) is 14.3. The lowest BCUT2D eigenvalue weighted by molar-refractivity contribution is 1.18.